The molecule has 0 radical (unpaired) electrons. The average molecular weight is 310 g/mol. The van der Waals surface area contributed by atoms with E-state index >= 15 is 0 Å². The molecule has 0 aromatic rings. The molecule has 0 aliphatic heterocycles. The maximum absolute atomic E-state index is 11.0. The standard InChI is InChI=1S/C17H34O3.Na.H/c1-3-4-5-6-7-8-9-10-11-12-13-14-15-20-17(19)16(2)18;;/h16,18H,3-15H2,1-2H3;;/q;+1;-1. The molecule has 0 aromatic heterocycles. The van der Waals surface area contributed by atoms with Crippen LogP contribution >= 0.6 is 0 Å². The number of hydrogen-bond acceptors (Lipinski definition) is 3. The third-order valence-electron chi connectivity index (χ3n) is 3.58. The van der Waals surface area contributed by atoms with E-state index in [1.54, 1.807) is 0 Å². The zero-order valence-electron chi connectivity index (χ0n) is 15.5. The van der Waals surface area contributed by atoms with Crippen LogP contribution in [0.1, 0.15) is 92.3 Å². The summed E-state index contributed by atoms with van der Waals surface area (Å²) in [6.45, 7) is 4.14. The Kier molecular flexibility index (Phi) is 20.8. The van der Waals surface area contributed by atoms with Gasteiger partial charge in [0.15, 0.2) is 0 Å². The Labute approximate surface area is 155 Å². The van der Waals surface area contributed by atoms with E-state index in [0.717, 1.165) is 12.8 Å². The second kappa shape index (κ2) is 18.5. The smallest absolute Gasteiger partial charge is 1.00 e. The van der Waals surface area contributed by atoms with Crippen molar-refractivity contribution in [2.75, 3.05) is 6.61 Å². The molecule has 0 aromatic carbocycles. The number of aliphatic hydroxyl groups is 1. The number of aliphatic hydroxyl groups excluding tert-OH is 1. The minimum atomic E-state index is -0.993. The van der Waals surface area contributed by atoms with Gasteiger partial charge in [-0.3, -0.25) is 0 Å². The van der Waals surface area contributed by atoms with Crippen LogP contribution in [-0.2, 0) is 9.53 Å². The Morgan fingerprint density at radius 3 is 1.67 bits per heavy atom. The van der Waals surface area contributed by atoms with Crippen LogP contribution in [0.15, 0.2) is 0 Å². The van der Waals surface area contributed by atoms with E-state index in [1.165, 1.54) is 71.1 Å². The third kappa shape index (κ3) is 18.4. The van der Waals surface area contributed by atoms with Crippen LogP contribution in [0.3, 0.4) is 0 Å². The van der Waals surface area contributed by atoms with Crippen molar-refractivity contribution >= 4 is 5.97 Å². The molecule has 1 N–H and O–H groups in total. The van der Waals surface area contributed by atoms with Crippen molar-refractivity contribution in [3.05, 3.63) is 0 Å². The molecule has 21 heavy (non-hydrogen) atoms. The van der Waals surface area contributed by atoms with Gasteiger partial charge >= 0.3 is 35.5 Å². The van der Waals surface area contributed by atoms with Crippen LogP contribution in [0.2, 0.25) is 0 Å². The first-order valence-corrected chi connectivity index (χ1v) is 8.53. The van der Waals surface area contributed by atoms with Crippen LogP contribution < -0.4 is 29.6 Å². The number of rotatable bonds is 14. The number of carbonyl (C=O) groups is 1. The fraction of sp³-hybridized carbons (Fsp3) is 0.941. The third-order valence-corrected chi connectivity index (χ3v) is 3.58. The molecule has 0 spiro atoms. The SMILES string of the molecule is CCCCCCCCCCCCCCOC(=O)C(C)O.[H-].[Na+]. The molecule has 4 heteroatoms. The Hall–Kier alpha value is 0.430. The average Bonchev–Trinajstić information content (AvgIpc) is 2.43. The molecule has 0 rings (SSSR count). The van der Waals surface area contributed by atoms with E-state index in [2.05, 4.69) is 6.92 Å². The van der Waals surface area contributed by atoms with Crippen molar-refractivity contribution < 1.29 is 45.6 Å². The maximum atomic E-state index is 11.0. The van der Waals surface area contributed by atoms with E-state index in [0.29, 0.717) is 6.61 Å². The summed E-state index contributed by atoms with van der Waals surface area (Å²) in [5, 5.41) is 8.94. The monoisotopic (exact) mass is 310 g/mol. The molecule has 0 saturated carbocycles. The summed E-state index contributed by atoms with van der Waals surface area (Å²) in [5.74, 6) is -0.506. The van der Waals surface area contributed by atoms with Gasteiger partial charge in [-0.2, -0.15) is 0 Å². The molecule has 1 atom stereocenters. The van der Waals surface area contributed by atoms with Crippen LogP contribution in [0.4, 0.5) is 0 Å². The van der Waals surface area contributed by atoms with Gasteiger partial charge in [0.1, 0.15) is 6.10 Å². The zero-order valence-corrected chi connectivity index (χ0v) is 16.5. The molecule has 0 fully saturated rings. The molecule has 1 unspecified atom stereocenters. The van der Waals surface area contributed by atoms with Crippen molar-refractivity contribution in [2.24, 2.45) is 0 Å². The van der Waals surface area contributed by atoms with Gasteiger partial charge in [0.05, 0.1) is 6.61 Å². The number of carbonyl (C=O) groups excluding carboxylic acids is 1. The van der Waals surface area contributed by atoms with Gasteiger partial charge in [-0.05, 0) is 13.3 Å². The molecule has 0 heterocycles. The molecule has 122 valence electrons. The van der Waals surface area contributed by atoms with E-state index in [-0.39, 0.29) is 31.0 Å². The molecule has 0 saturated heterocycles. The van der Waals surface area contributed by atoms with Crippen molar-refractivity contribution in [3.8, 4) is 0 Å². The Morgan fingerprint density at radius 1 is 0.905 bits per heavy atom. The summed E-state index contributed by atoms with van der Waals surface area (Å²) in [5.41, 5.74) is 0. The van der Waals surface area contributed by atoms with Crippen molar-refractivity contribution in [1.29, 1.82) is 0 Å². The van der Waals surface area contributed by atoms with Crippen LogP contribution in [0.25, 0.3) is 0 Å². The summed E-state index contributed by atoms with van der Waals surface area (Å²) >= 11 is 0. The van der Waals surface area contributed by atoms with Gasteiger partial charge in [-0.25, -0.2) is 4.79 Å². The second-order valence-corrected chi connectivity index (χ2v) is 5.73. The van der Waals surface area contributed by atoms with Gasteiger partial charge in [0.25, 0.3) is 0 Å². The summed E-state index contributed by atoms with van der Waals surface area (Å²) in [7, 11) is 0. The van der Waals surface area contributed by atoms with Crippen LogP contribution in [0, 0.1) is 0 Å². The number of unbranched alkanes of at least 4 members (excludes halogenated alkanes) is 11. The maximum Gasteiger partial charge on any atom is 1.00 e. The number of ether oxygens (including phenoxy) is 1. The van der Waals surface area contributed by atoms with Gasteiger partial charge < -0.3 is 11.3 Å². The first-order chi connectivity index (χ1) is 9.68. The quantitative estimate of drug-likeness (QED) is 0.302. The normalized spacial score (nSPS) is 11.8. The Balaban J connectivity index is -0.00000180. The predicted octanol–water partition coefficient (Wildman–Crippen LogP) is 1.73. The van der Waals surface area contributed by atoms with Crippen LogP contribution in [0.5, 0.6) is 0 Å². The topological polar surface area (TPSA) is 46.5 Å². The molecule has 3 nitrogen and oxygen atoms in total. The van der Waals surface area contributed by atoms with E-state index in [9.17, 15) is 4.79 Å². The van der Waals surface area contributed by atoms with E-state index < -0.39 is 12.1 Å². The summed E-state index contributed by atoms with van der Waals surface area (Å²) in [6, 6.07) is 0. The Morgan fingerprint density at radius 2 is 1.29 bits per heavy atom. The minimum absolute atomic E-state index is 0. The van der Waals surface area contributed by atoms with Crippen molar-refractivity contribution in [3.63, 3.8) is 0 Å². The second-order valence-electron chi connectivity index (χ2n) is 5.73. The minimum Gasteiger partial charge on any atom is -1.00 e. The number of esters is 1. The fourth-order valence-electron chi connectivity index (χ4n) is 2.24. The molecule has 0 aliphatic rings. The van der Waals surface area contributed by atoms with Crippen molar-refractivity contribution in [2.45, 2.75) is 97.0 Å². The zero-order chi connectivity index (χ0) is 15.1. The van der Waals surface area contributed by atoms with E-state index in [1.807, 2.05) is 0 Å². The number of hydrogen-bond donors (Lipinski definition) is 1. The summed E-state index contributed by atoms with van der Waals surface area (Å²) in [4.78, 5) is 11.0. The van der Waals surface area contributed by atoms with Gasteiger partial charge in [0, 0.05) is 0 Å². The van der Waals surface area contributed by atoms with Gasteiger partial charge in [0.2, 0.25) is 0 Å². The van der Waals surface area contributed by atoms with Crippen LogP contribution in [-0.4, -0.2) is 23.8 Å². The molecular weight excluding hydrogens is 275 g/mol. The first kappa shape index (κ1) is 23.7. The van der Waals surface area contributed by atoms with E-state index in [4.69, 9.17) is 9.84 Å². The fourth-order valence-corrected chi connectivity index (χ4v) is 2.24. The molecular formula is C17H35NaO3. The molecule has 0 aliphatic carbocycles. The molecule has 0 amide bonds. The first-order valence-electron chi connectivity index (χ1n) is 8.53. The van der Waals surface area contributed by atoms with Crippen molar-refractivity contribution in [1.82, 2.24) is 0 Å². The molecule has 0 bridgehead atoms. The largest absolute Gasteiger partial charge is 1.00 e. The summed E-state index contributed by atoms with van der Waals surface area (Å²) in [6.07, 6.45) is 14.6. The summed E-state index contributed by atoms with van der Waals surface area (Å²) < 4.78 is 4.91. The Bertz CT molecular complexity index is 226. The predicted molar refractivity (Wildman–Crippen MR) is 84.8 cm³/mol. The van der Waals surface area contributed by atoms with Gasteiger partial charge in [-0.1, -0.05) is 77.6 Å². The van der Waals surface area contributed by atoms with Gasteiger partial charge in [-0.15, -0.1) is 0 Å².